The summed E-state index contributed by atoms with van der Waals surface area (Å²) in [6.45, 7) is 5.64. The lowest BCUT2D eigenvalue weighted by molar-refractivity contribution is -0.0253. The van der Waals surface area contributed by atoms with Gasteiger partial charge in [0.1, 0.15) is 11.2 Å². The van der Waals surface area contributed by atoms with Gasteiger partial charge in [-0.15, -0.1) is 0 Å². The number of nitrogen functional groups attached to an aromatic ring is 1. The highest BCUT2D eigenvalue weighted by Gasteiger charge is 2.38. The second kappa shape index (κ2) is 8.62. The number of nitrogens with two attached hydrogens (primary N) is 1. The van der Waals surface area contributed by atoms with Gasteiger partial charge in [-0.2, -0.15) is 0 Å². The van der Waals surface area contributed by atoms with Crippen molar-refractivity contribution in [2.45, 2.75) is 45.3 Å². The lowest BCUT2D eigenvalue weighted by atomic mass is 9.82. The minimum Gasteiger partial charge on any atom is -0.478 e. The molecule has 2 aromatic rings. The third-order valence-corrected chi connectivity index (χ3v) is 5.26. The summed E-state index contributed by atoms with van der Waals surface area (Å²) in [4.78, 5) is 32.5. The van der Waals surface area contributed by atoms with E-state index in [0.717, 1.165) is 0 Å². The lowest BCUT2D eigenvalue weighted by Crippen LogP contribution is -2.40. The van der Waals surface area contributed by atoms with Crippen molar-refractivity contribution in [2.75, 3.05) is 12.3 Å². The van der Waals surface area contributed by atoms with Gasteiger partial charge in [-0.25, -0.2) is 4.79 Å². The number of hydrogen-bond donors (Lipinski definition) is 3. The number of hydrogen-bond acceptors (Lipinski definition) is 6. The molecule has 8 heteroatoms. The largest absolute Gasteiger partial charge is 0.478 e. The number of aryl methyl sites for hydroxylation is 1. The molecule has 0 radical (unpaired) electrons. The van der Waals surface area contributed by atoms with E-state index < -0.39 is 11.6 Å². The molecule has 0 bridgehead atoms. The van der Waals surface area contributed by atoms with Crippen LogP contribution in [0, 0.1) is 6.92 Å². The maximum absolute atomic E-state index is 12.4. The molecule has 0 saturated carbocycles. The number of amides is 1. The first-order valence-corrected chi connectivity index (χ1v) is 9.84. The Hall–Kier alpha value is -3.26. The maximum Gasteiger partial charge on any atom is 0.339 e. The summed E-state index contributed by atoms with van der Waals surface area (Å²) in [6, 6.07) is 2.99. The number of carbonyl (C=O) groups is 2. The molecule has 0 aromatic carbocycles. The molecule has 0 fully saturated rings. The van der Waals surface area contributed by atoms with Crippen LogP contribution in [0.1, 0.15) is 57.9 Å². The van der Waals surface area contributed by atoms with Gasteiger partial charge in [0.25, 0.3) is 5.91 Å². The predicted octanol–water partition coefficient (Wildman–Crippen LogP) is 2.62. The fourth-order valence-corrected chi connectivity index (χ4v) is 3.77. The zero-order chi connectivity index (χ0) is 21.9. The number of anilines is 1. The topological polar surface area (TPSA) is 127 Å². The molecule has 2 atom stereocenters. The molecule has 2 aromatic heterocycles. The highest BCUT2D eigenvalue weighted by molar-refractivity contribution is 5.96. The third kappa shape index (κ3) is 4.04. The number of allylic oxidation sites excluding steroid dienone is 1. The van der Waals surface area contributed by atoms with Gasteiger partial charge in [0.05, 0.1) is 23.7 Å². The molecule has 2 unspecified atom stereocenters. The van der Waals surface area contributed by atoms with E-state index in [1.165, 1.54) is 0 Å². The van der Waals surface area contributed by atoms with Crippen LogP contribution in [-0.2, 0) is 16.8 Å². The average molecular weight is 410 g/mol. The van der Waals surface area contributed by atoms with Gasteiger partial charge in [-0.1, -0.05) is 19.1 Å². The van der Waals surface area contributed by atoms with Crippen molar-refractivity contribution in [2.24, 2.45) is 0 Å². The van der Waals surface area contributed by atoms with Crippen LogP contribution < -0.4 is 11.1 Å². The number of aromatic carboxylic acids is 1. The fourth-order valence-electron chi connectivity index (χ4n) is 3.77. The van der Waals surface area contributed by atoms with Gasteiger partial charge in [-0.05, 0) is 32.4 Å². The van der Waals surface area contributed by atoms with Gasteiger partial charge >= 0.3 is 5.97 Å². The third-order valence-electron chi connectivity index (χ3n) is 5.26. The van der Waals surface area contributed by atoms with Gasteiger partial charge in [0.15, 0.2) is 0 Å². The van der Waals surface area contributed by atoms with E-state index in [0.29, 0.717) is 35.4 Å². The lowest BCUT2D eigenvalue weighted by Gasteiger charge is -2.36. The van der Waals surface area contributed by atoms with Crippen LogP contribution >= 0.6 is 0 Å². The summed E-state index contributed by atoms with van der Waals surface area (Å²) in [5, 5.41) is 12.5. The monoisotopic (exact) mass is 410 g/mol. The molecule has 8 nitrogen and oxygen atoms in total. The Labute approximate surface area is 175 Å². The van der Waals surface area contributed by atoms with Gasteiger partial charge in [0.2, 0.25) is 0 Å². The van der Waals surface area contributed by atoms with Gasteiger partial charge in [-0.3, -0.25) is 14.8 Å². The van der Waals surface area contributed by atoms with Crippen molar-refractivity contribution in [3.05, 3.63) is 64.8 Å². The van der Waals surface area contributed by atoms with Crippen molar-refractivity contribution >= 4 is 17.6 Å². The number of carbonyl (C=O) groups excluding carboxylic acids is 1. The highest BCUT2D eigenvalue weighted by atomic mass is 16.5. The van der Waals surface area contributed by atoms with Crippen LogP contribution in [0.2, 0.25) is 0 Å². The van der Waals surface area contributed by atoms with Crippen molar-refractivity contribution in [3.8, 4) is 0 Å². The first-order valence-electron chi connectivity index (χ1n) is 9.84. The van der Waals surface area contributed by atoms with Crippen LogP contribution in [0.25, 0.3) is 0 Å². The number of nitrogens with zero attached hydrogens (tertiary/aromatic N) is 2. The van der Waals surface area contributed by atoms with E-state index in [-0.39, 0.29) is 29.8 Å². The van der Waals surface area contributed by atoms with E-state index in [9.17, 15) is 14.7 Å². The second-order valence-electron chi connectivity index (χ2n) is 7.38. The standard InChI is InChI=1S/C22H26N4O4/c1-4-22(30-12-13(2)25-20(27)15-7-10-24-11-8-15)9-5-6-16-18(22)19(23)17(21(28)29)14(3)26-16/h5,7-11,13H,4,6,12H2,1-3H3,(H2,23,26)(H,25,27)(H,28,29). The Morgan fingerprint density at radius 3 is 2.70 bits per heavy atom. The Kier molecular flexibility index (Phi) is 6.17. The Morgan fingerprint density at radius 1 is 1.37 bits per heavy atom. The van der Waals surface area contributed by atoms with E-state index in [1.54, 1.807) is 31.5 Å². The number of ether oxygens (including phenoxy) is 1. The molecule has 0 aliphatic heterocycles. The van der Waals surface area contributed by atoms with E-state index >= 15 is 0 Å². The summed E-state index contributed by atoms with van der Waals surface area (Å²) in [5.41, 5.74) is 7.81. The summed E-state index contributed by atoms with van der Waals surface area (Å²) in [7, 11) is 0. The van der Waals surface area contributed by atoms with Crippen molar-refractivity contribution in [3.63, 3.8) is 0 Å². The molecule has 30 heavy (non-hydrogen) atoms. The summed E-state index contributed by atoms with van der Waals surface area (Å²) >= 11 is 0. The first kappa shape index (κ1) is 21.4. The minimum atomic E-state index is -1.11. The van der Waals surface area contributed by atoms with Crippen LogP contribution in [0.5, 0.6) is 0 Å². The van der Waals surface area contributed by atoms with Gasteiger partial charge < -0.3 is 20.9 Å². The van der Waals surface area contributed by atoms with Crippen LogP contribution in [-0.4, -0.2) is 39.6 Å². The molecule has 1 aliphatic carbocycles. The summed E-state index contributed by atoms with van der Waals surface area (Å²) < 4.78 is 6.27. The van der Waals surface area contributed by atoms with Crippen molar-refractivity contribution in [1.82, 2.24) is 15.3 Å². The fraction of sp³-hybridized carbons (Fsp3) is 0.364. The minimum absolute atomic E-state index is 0.00418. The molecule has 1 aliphatic rings. The molecule has 4 N–H and O–H groups in total. The quantitative estimate of drug-likeness (QED) is 0.599. The number of nitrogens with one attached hydrogen (secondary N) is 1. The number of pyridine rings is 2. The van der Waals surface area contributed by atoms with E-state index in [1.807, 2.05) is 26.0 Å². The molecule has 158 valence electrons. The van der Waals surface area contributed by atoms with Crippen LogP contribution in [0.4, 0.5) is 5.69 Å². The Bertz CT molecular complexity index is 990. The number of carboxylic acid groups (broad SMARTS) is 1. The van der Waals surface area contributed by atoms with Crippen LogP contribution in [0.3, 0.4) is 0 Å². The van der Waals surface area contributed by atoms with E-state index in [4.69, 9.17) is 10.5 Å². The number of rotatable bonds is 7. The average Bonchev–Trinajstić information content (AvgIpc) is 2.72. The highest BCUT2D eigenvalue weighted by Crippen LogP contribution is 2.41. The number of aromatic nitrogens is 2. The van der Waals surface area contributed by atoms with E-state index in [2.05, 4.69) is 15.3 Å². The Morgan fingerprint density at radius 2 is 2.07 bits per heavy atom. The Balaban J connectivity index is 1.84. The molecule has 2 heterocycles. The second-order valence-corrected chi connectivity index (χ2v) is 7.38. The zero-order valence-electron chi connectivity index (χ0n) is 17.3. The zero-order valence-corrected chi connectivity index (χ0v) is 17.3. The molecule has 3 rings (SSSR count). The molecule has 1 amide bonds. The predicted molar refractivity (Wildman–Crippen MR) is 112 cm³/mol. The van der Waals surface area contributed by atoms with Gasteiger partial charge in [0, 0.05) is 36.0 Å². The smallest absolute Gasteiger partial charge is 0.339 e. The van der Waals surface area contributed by atoms with Crippen molar-refractivity contribution in [1.29, 1.82) is 0 Å². The summed E-state index contributed by atoms with van der Waals surface area (Å²) in [5.74, 6) is -1.33. The maximum atomic E-state index is 12.4. The molecular weight excluding hydrogens is 384 g/mol. The molecule has 0 spiro atoms. The molecular formula is C22H26N4O4. The normalized spacial score (nSPS) is 18.5. The SMILES string of the molecule is CCC1(OCC(C)NC(=O)c2ccncc2)C=CCc2nc(C)c(C(=O)O)c(N)c21. The molecule has 0 saturated heterocycles. The number of carboxylic acids is 1. The van der Waals surface area contributed by atoms with Crippen molar-refractivity contribution < 1.29 is 19.4 Å². The number of fused-ring (bicyclic) bond motifs is 1. The van der Waals surface area contributed by atoms with Crippen LogP contribution in [0.15, 0.2) is 36.7 Å². The first-order chi connectivity index (χ1) is 14.3. The summed E-state index contributed by atoms with van der Waals surface area (Å²) in [6.07, 6.45) is 8.08.